The van der Waals surface area contributed by atoms with Gasteiger partial charge in [0.1, 0.15) is 0 Å². The van der Waals surface area contributed by atoms with Gasteiger partial charge in [0.25, 0.3) is 5.91 Å². The van der Waals surface area contributed by atoms with Gasteiger partial charge < -0.3 is 10.6 Å². The van der Waals surface area contributed by atoms with E-state index < -0.39 is 0 Å². The maximum absolute atomic E-state index is 12.7. The smallest absolute Gasteiger partial charge is 0.257 e. The summed E-state index contributed by atoms with van der Waals surface area (Å²) in [5, 5.41) is 0.738. The summed E-state index contributed by atoms with van der Waals surface area (Å²) in [5.41, 5.74) is 8.28. The summed E-state index contributed by atoms with van der Waals surface area (Å²) in [4.78, 5) is 16.0. The van der Waals surface area contributed by atoms with Gasteiger partial charge in [-0.15, -0.1) is 11.3 Å². The molecule has 1 aliphatic heterocycles. The number of rotatable bonds is 1. The second-order valence-corrected chi connectivity index (χ2v) is 7.08. The first-order valence-corrected chi connectivity index (χ1v) is 8.12. The van der Waals surface area contributed by atoms with Crippen LogP contribution < -0.4 is 5.73 Å². The fraction of sp³-hybridized carbons (Fsp3) is 0.667. The fourth-order valence-corrected chi connectivity index (χ4v) is 4.68. The first-order chi connectivity index (χ1) is 9.09. The van der Waals surface area contributed by atoms with E-state index in [0.717, 1.165) is 36.5 Å². The molecule has 3 nitrogen and oxygen atoms in total. The largest absolute Gasteiger partial charge is 0.390 e. The molecule has 3 rings (SSSR count). The Morgan fingerprint density at radius 3 is 2.53 bits per heavy atom. The fourth-order valence-electron chi connectivity index (χ4n) is 3.41. The molecule has 0 bridgehead atoms. The minimum atomic E-state index is 0.174. The van der Waals surface area contributed by atoms with Gasteiger partial charge in [0.15, 0.2) is 0 Å². The van der Waals surface area contributed by atoms with Crippen LogP contribution in [-0.4, -0.2) is 23.9 Å². The van der Waals surface area contributed by atoms with Crippen molar-refractivity contribution in [2.24, 2.45) is 0 Å². The molecule has 1 aliphatic carbocycles. The van der Waals surface area contributed by atoms with E-state index >= 15 is 0 Å². The molecule has 1 aromatic rings. The number of nitrogens with zero attached hydrogens (tertiary/aromatic N) is 1. The van der Waals surface area contributed by atoms with E-state index in [1.165, 1.54) is 23.3 Å². The topological polar surface area (TPSA) is 46.3 Å². The first kappa shape index (κ1) is 13.0. The van der Waals surface area contributed by atoms with E-state index in [1.54, 1.807) is 11.3 Å². The second kappa shape index (κ2) is 4.82. The van der Waals surface area contributed by atoms with E-state index in [0.29, 0.717) is 11.8 Å². The third-order valence-electron chi connectivity index (χ3n) is 4.58. The molecule has 4 heteroatoms. The van der Waals surface area contributed by atoms with Crippen molar-refractivity contribution in [2.45, 2.75) is 51.4 Å². The van der Waals surface area contributed by atoms with Gasteiger partial charge >= 0.3 is 0 Å². The number of nitrogens with two attached hydrogens (primary N) is 1. The molecule has 0 aromatic carbocycles. The Bertz CT molecular complexity index is 502. The van der Waals surface area contributed by atoms with Crippen LogP contribution in [0.2, 0.25) is 0 Å². The molecule has 19 heavy (non-hydrogen) atoms. The first-order valence-electron chi connectivity index (χ1n) is 7.31. The number of likely N-dealkylation sites (tertiary alicyclic amines) is 1. The van der Waals surface area contributed by atoms with Crippen LogP contribution in [0.25, 0.3) is 0 Å². The molecule has 2 heterocycles. The zero-order valence-corrected chi connectivity index (χ0v) is 12.6. The van der Waals surface area contributed by atoms with Crippen LogP contribution >= 0.6 is 11.3 Å². The highest BCUT2D eigenvalue weighted by Crippen LogP contribution is 2.47. The number of thiophene rings is 1. The van der Waals surface area contributed by atoms with Gasteiger partial charge in [-0.05, 0) is 43.1 Å². The van der Waals surface area contributed by atoms with Gasteiger partial charge in [-0.1, -0.05) is 13.8 Å². The van der Waals surface area contributed by atoms with Crippen molar-refractivity contribution in [1.29, 1.82) is 0 Å². The van der Waals surface area contributed by atoms with Gasteiger partial charge in [-0.25, -0.2) is 0 Å². The second-order valence-electron chi connectivity index (χ2n) is 6.00. The third-order valence-corrected chi connectivity index (χ3v) is 5.85. The molecule has 1 amide bonds. The molecule has 0 saturated carbocycles. The monoisotopic (exact) mass is 278 g/mol. The summed E-state index contributed by atoms with van der Waals surface area (Å²) in [7, 11) is 0. The SMILES string of the molecule is CC1CCC(C)c2c1sc(N)c2C(=O)N1CCCC1. The maximum atomic E-state index is 12.7. The number of carbonyl (C=O) groups excluding carboxylic acids is 1. The lowest BCUT2D eigenvalue weighted by atomic mass is 9.81. The molecular formula is C15H22N2OS. The number of hydrogen-bond donors (Lipinski definition) is 1. The third kappa shape index (κ3) is 2.06. The minimum Gasteiger partial charge on any atom is -0.390 e. The average Bonchev–Trinajstić information content (AvgIpc) is 3.00. The number of anilines is 1. The van der Waals surface area contributed by atoms with Crippen LogP contribution in [0, 0.1) is 0 Å². The van der Waals surface area contributed by atoms with Crippen LogP contribution in [0.15, 0.2) is 0 Å². The lowest BCUT2D eigenvalue weighted by Gasteiger charge is -2.26. The lowest BCUT2D eigenvalue weighted by Crippen LogP contribution is -2.29. The molecular weight excluding hydrogens is 256 g/mol. The molecule has 0 spiro atoms. The Morgan fingerprint density at radius 1 is 1.21 bits per heavy atom. The molecule has 2 unspecified atom stereocenters. The predicted octanol–water partition coefficient (Wildman–Crippen LogP) is 3.57. The number of nitrogen functional groups attached to an aromatic ring is 1. The highest BCUT2D eigenvalue weighted by Gasteiger charge is 2.33. The Labute approximate surface area is 118 Å². The quantitative estimate of drug-likeness (QED) is 0.853. The van der Waals surface area contributed by atoms with Crippen LogP contribution in [-0.2, 0) is 0 Å². The molecule has 2 aliphatic rings. The summed E-state index contributed by atoms with van der Waals surface area (Å²) >= 11 is 1.65. The molecule has 104 valence electrons. The standard InChI is InChI=1S/C15H22N2OS/c1-9-5-6-10(2)13-11(9)12(14(16)19-13)15(18)17-7-3-4-8-17/h9-10H,3-8,16H2,1-2H3. The number of amides is 1. The molecule has 1 aromatic heterocycles. The Morgan fingerprint density at radius 2 is 1.84 bits per heavy atom. The summed E-state index contributed by atoms with van der Waals surface area (Å²) in [5.74, 6) is 1.20. The van der Waals surface area contributed by atoms with Crippen molar-refractivity contribution in [1.82, 2.24) is 4.90 Å². The number of hydrogen-bond acceptors (Lipinski definition) is 3. The molecule has 1 saturated heterocycles. The van der Waals surface area contributed by atoms with Crippen molar-refractivity contribution in [2.75, 3.05) is 18.8 Å². The molecule has 2 atom stereocenters. The molecule has 2 N–H and O–H groups in total. The van der Waals surface area contributed by atoms with Crippen molar-refractivity contribution in [3.05, 3.63) is 16.0 Å². The Hall–Kier alpha value is -1.03. The Kier molecular flexibility index (Phi) is 3.29. The predicted molar refractivity (Wildman–Crippen MR) is 79.9 cm³/mol. The van der Waals surface area contributed by atoms with Gasteiger partial charge in [0, 0.05) is 18.0 Å². The highest BCUT2D eigenvalue weighted by atomic mass is 32.1. The zero-order chi connectivity index (χ0) is 13.6. The van der Waals surface area contributed by atoms with E-state index in [4.69, 9.17) is 5.73 Å². The van der Waals surface area contributed by atoms with Gasteiger partial charge in [-0.3, -0.25) is 4.79 Å². The van der Waals surface area contributed by atoms with Crippen LogP contribution in [0.4, 0.5) is 5.00 Å². The number of carbonyl (C=O) groups is 1. The Balaban J connectivity index is 2.03. The van der Waals surface area contributed by atoms with Crippen LogP contribution in [0.5, 0.6) is 0 Å². The summed E-state index contributed by atoms with van der Waals surface area (Å²) in [6, 6.07) is 0. The summed E-state index contributed by atoms with van der Waals surface area (Å²) in [6.45, 7) is 6.28. The van der Waals surface area contributed by atoms with Gasteiger partial charge in [0.05, 0.1) is 10.6 Å². The maximum Gasteiger partial charge on any atom is 0.257 e. The molecule has 0 radical (unpaired) electrons. The van der Waals surface area contributed by atoms with Crippen molar-refractivity contribution < 1.29 is 4.79 Å². The van der Waals surface area contributed by atoms with E-state index in [-0.39, 0.29) is 5.91 Å². The summed E-state index contributed by atoms with van der Waals surface area (Å²) in [6.07, 6.45) is 4.64. The van der Waals surface area contributed by atoms with Crippen molar-refractivity contribution in [3.63, 3.8) is 0 Å². The van der Waals surface area contributed by atoms with Gasteiger partial charge in [-0.2, -0.15) is 0 Å². The normalized spacial score (nSPS) is 26.5. The zero-order valence-electron chi connectivity index (χ0n) is 11.7. The van der Waals surface area contributed by atoms with E-state index in [1.807, 2.05) is 4.90 Å². The van der Waals surface area contributed by atoms with Crippen LogP contribution in [0.1, 0.15) is 72.2 Å². The highest BCUT2D eigenvalue weighted by molar-refractivity contribution is 7.16. The lowest BCUT2D eigenvalue weighted by molar-refractivity contribution is 0.0792. The number of fused-ring (bicyclic) bond motifs is 1. The minimum absolute atomic E-state index is 0.174. The van der Waals surface area contributed by atoms with E-state index in [2.05, 4.69) is 13.8 Å². The van der Waals surface area contributed by atoms with Gasteiger partial charge in [0.2, 0.25) is 0 Å². The van der Waals surface area contributed by atoms with E-state index in [9.17, 15) is 4.79 Å². The van der Waals surface area contributed by atoms with Crippen molar-refractivity contribution >= 4 is 22.2 Å². The van der Waals surface area contributed by atoms with Crippen LogP contribution in [0.3, 0.4) is 0 Å². The van der Waals surface area contributed by atoms with Crippen molar-refractivity contribution in [3.8, 4) is 0 Å². The summed E-state index contributed by atoms with van der Waals surface area (Å²) < 4.78 is 0. The molecule has 1 fully saturated rings. The average molecular weight is 278 g/mol.